The monoisotopic (exact) mass is 304 g/mol. The Kier molecular flexibility index (Phi) is 5.55. The maximum absolute atomic E-state index is 12.4. The Balaban J connectivity index is 1.83. The smallest absolute Gasteiger partial charge is 0.239 e. The fourth-order valence-corrected chi connectivity index (χ4v) is 2.74. The number of nitrogens with one attached hydrogen (secondary N) is 1. The van der Waals surface area contributed by atoms with Gasteiger partial charge in [0.1, 0.15) is 0 Å². The molecule has 0 aliphatic heterocycles. The first-order valence-corrected chi connectivity index (χ1v) is 7.60. The zero-order valence-electron chi connectivity index (χ0n) is 13.5. The highest BCUT2D eigenvalue weighted by molar-refractivity contribution is 5.87. The van der Waals surface area contributed by atoms with E-state index in [1.807, 2.05) is 12.1 Å². The second kappa shape index (κ2) is 7.40. The van der Waals surface area contributed by atoms with Crippen molar-refractivity contribution in [2.75, 3.05) is 33.9 Å². The Bertz CT molecular complexity index is 544. The van der Waals surface area contributed by atoms with Gasteiger partial charge in [-0.3, -0.25) is 9.59 Å². The largest absolute Gasteiger partial charge is 0.383 e. The average molecular weight is 304 g/mol. The van der Waals surface area contributed by atoms with Crippen molar-refractivity contribution in [1.29, 1.82) is 0 Å². The van der Waals surface area contributed by atoms with Gasteiger partial charge in [0.05, 0.1) is 13.2 Å². The summed E-state index contributed by atoms with van der Waals surface area (Å²) in [4.78, 5) is 25.6. The molecular weight excluding hydrogens is 280 g/mol. The molecule has 1 aliphatic carbocycles. The lowest BCUT2D eigenvalue weighted by Crippen LogP contribution is -2.40. The number of aryl methyl sites for hydroxylation is 1. The van der Waals surface area contributed by atoms with Crippen LogP contribution in [0, 0.1) is 12.8 Å². The number of amides is 2. The van der Waals surface area contributed by atoms with Crippen molar-refractivity contribution in [2.45, 2.75) is 19.3 Å². The van der Waals surface area contributed by atoms with E-state index >= 15 is 0 Å². The molecule has 120 valence electrons. The van der Waals surface area contributed by atoms with Gasteiger partial charge in [0.15, 0.2) is 0 Å². The summed E-state index contributed by atoms with van der Waals surface area (Å²) in [6.07, 6.45) is 0.874. The van der Waals surface area contributed by atoms with E-state index in [9.17, 15) is 9.59 Å². The van der Waals surface area contributed by atoms with E-state index < -0.39 is 0 Å². The van der Waals surface area contributed by atoms with Crippen LogP contribution in [0.4, 0.5) is 0 Å². The van der Waals surface area contributed by atoms with Crippen molar-refractivity contribution in [3.63, 3.8) is 0 Å². The lowest BCUT2D eigenvalue weighted by atomic mass is 10.0. The van der Waals surface area contributed by atoms with Crippen LogP contribution in [0.15, 0.2) is 24.3 Å². The Morgan fingerprint density at radius 2 is 2.09 bits per heavy atom. The summed E-state index contributed by atoms with van der Waals surface area (Å²) < 4.78 is 4.87. The molecule has 0 unspecified atom stereocenters. The average Bonchev–Trinajstić information content (AvgIpc) is 3.27. The highest BCUT2D eigenvalue weighted by Gasteiger charge is 2.45. The van der Waals surface area contributed by atoms with Crippen molar-refractivity contribution in [2.24, 2.45) is 5.92 Å². The molecule has 0 heterocycles. The van der Waals surface area contributed by atoms with Crippen molar-refractivity contribution < 1.29 is 14.3 Å². The summed E-state index contributed by atoms with van der Waals surface area (Å²) in [5.41, 5.74) is 2.47. The normalized spacial score (nSPS) is 19.6. The lowest BCUT2D eigenvalue weighted by Gasteiger charge is -2.17. The zero-order chi connectivity index (χ0) is 16.1. The third-order valence-electron chi connectivity index (χ3n) is 4.08. The zero-order valence-corrected chi connectivity index (χ0v) is 13.5. The van der Waals surface area contributed by atoms with Gasteiger partial charge in [0.25, 0.3) is 0 Å². The Morgan fingerprint density at radius 3 is 2.77 bits per heavy atom. The molecular formula is C17H24N2O3. The summed E-state index contributed by atoms with van der Waals surface area (Å²) in [7, 11) is 3.27. The number of carbonyl (C=O) groups is 2. The van der Waals surface area contributed by atoms with E-state index in [4.69, 9.17) is 4.74 Å². The van der Waals surface area contributed by atoms with Gasteiger partial charge in [0.2, 0.25) is 11.8 Å². The summed E-state index contributed by atoms with van der Waals surface area (Å²) in [5.74, 6) is 0.210. The molecule has 2 amide bonds. The van der Waals surface area contributed by atoms with Gasteiger partial charge in [-0.05, 0) is 30.4 Å². The third-order valence-corrected chi connectivity index (χ3v) is 4.08. The van der Waals surface area contributed by atoms with Gasteiger partial charge < -0.3 is 15.0 Å². The van der Waals surface area contributed by atoms with Crippen LogP contribution in [0.5, 0.6) is 0 Å². The highest BCUT2D eigenvalue weighted by Crippen LogP contribution is 2.49. The van der Waals surface area contributed by atoms with Crippen molar-refractivity contribution in [3.8, 4) is 0 Å². The van der Waals surface area contributed by atoms with Crippen molar-refractivity contribution in [1.82, 2.24) is 10.2 Å². The second-order valence-electron chi connectivity index (χ2n) is 5.84. The standard InChI is InChI=1S/C17H24N2O3/c1-12-6-4-5-7-13(12)14-10-15(14)17(21)19(2)11-16(20)18-8-9-22-3/h4-7,14-15H,8-11H2,1-3H3,(H,18,20)/t14-,15-/m1/s1. The van der Waals surface area contributed by atoms with Crippen LogP contribution in [0.1, 0.15) is 23.5 Å². The lowest BCUT2D eigenvalue weighted by molar-refractivity contribution is -0.135. The molecule has 1 fully saturated rings. The van der Waals surface area contributed by atoms with Crippen LogP contribution in [-0.2, 0) is 14.3 Å². The first kappa shape index (κ1) is 16.5. The van der Waals surface area contributed by atoms with Crippen LogP contribution in [0.25, 0.3) is 0 Å². The van der Waals surface area contributed by atoms with E-state index in [2.05, 4.69) is 24.4 Å². The van der Waals surface area contributed by atoms with E-state index in [1.165, 1.54) is 16.0 Å². The van der Waals surface area contributed by atoms with E-state index in [0.29, 0.717) is 19.1 Å². The fraction of sp³-hybridized carbons (Fsp3) is 0.529. The number of methoxy groups -OCH3 is 1. The summed E-state index contributed by atoms with van der Waals surface area (Å²) in [5, 5.41) is 2.72. The second-order valence-corrected chi connectivity index (χ2v) is 5.84. The molecule has 1 aliphatic rings. The number of nitrogens with zero attached hydrogens (tertiary/aromatic N) is 1. The number of ether oxygens (including phenoxy) is 1. The molecule has 2 rings (SSSR count). The molecule has 0 radical (unpaired) electrons. The number of hydrogen-bond acceptors (Lipinski definition) is 3. The highest BCUT2D eigenvalue weighted by atomic mass is 16.5. The molecule has 5 nitrogen and oxygen atoms in total. The summed E-state index contributed by atoms with van der Waals surface area (Å²) >= 11 is 0. The van der Waals surface area contributed by atoms with Gasteiger partial charge >= 0.3 is 0 Å². The van der Waals surface area contributed by atoms with Crippen LogP contribution >= 0.6 is 0 Å². The maximum atomic E-state index is 12.4. The minimum Gasteiger partial charge on any atom is -0.383 e. The van der Waals surface area contributed by atoms with Gasteiger partial charge in [-0.15, -0.1) is 0 Å². The number of likely N-dealkylation sites (N-methyl/N-ethyl adjacent to an activating group) is 1. The predicted octanol–water partition coefficient (Wildman–Crippen LogP) is 1.32. The van der Waals surface area contributed by atoms with Gasteiger partial charge in [-0.25, -0.2) is 0 Å². The van der Waals surface area contributed by atoms with Gasteiger partial charge in [0, 0.05) is 26.6 Å². The molecule has 0 bridgehead atoms. The van der Waals surface area contributed by atoms with Crippen LogP contribution in [0.2, 0.25) is 0 Å². The molecule has 0 saturated heterocycles. The van der Waals surface area contributed by atoms with Gasteiger partial charge in [-0.1, -0.05) is 24.3 Å². The Morgan fingerprint density at radius 1 is 1.36 bits per heavy atom. The van der Waals surface area contributed by atoms with Crippen LogP contribution < -0.4 is 5.32 Å². The molecule has 1 aromatic carbocycles. The number of hydrogen-bond donors (Lipinski definition) is 1. The fourth-order valence-electron chi connectivity index (χ4n) is 2.74. The van der Waals surface area contributed by atoms with Crippen LogP contribution in [0.3, 0.4) is 0 Å². The van der Waals surface area contributed by atoms with Crippen LogP contribution in [-0.4, -0.2) is 50.6 Å². The molecule has 1 N–H and O–H groups in total. The number of carbonyl (C=O) groups excluding carboxylic acids is 2. The first-order valence-electron chi connectivity index (χ1n) is 7.60. The molecule has 0 spiro atoms. The van der Waals surface area contributed by atoms with Crippen molar-refractivity contribution in [3.05, 3.63) is 35.4 Å². The van der Waals surface area contributed by atoms with E-state index in [-0.39, 0.29) is 24.3 Å². The minimum absolute atomic E-state index is 0.0119. The summed E-state index contributed by atoms with van der Waals surface area (Å²) in [6, 6.07) is 8.18. The topological polar surface area (TPSA) is 58.6 Å². The molecule has 0 aromatic heterocycles. The molecule has 5 heteroatoms. The minimum atomic E-state index is -0.152. The molecule has 1 aromatic rings. The molecule has 2 atom stereocenters. The molecule has 1 saturated carbocycles. The third kappa shape index (κ3) is 4.07. The Labute approximate surface area is 131 Å². The van der Waals surface area contributed by atoms with Crippen molar-refractivity contribution >= 4 is 11.8 Å². The molecule has 22 heavy (non-hydrogen) atoms. The SMILES string of the molecule is COCCNC(=O)CN(C)C(=O)[C@@H]1C[C@@H]1c1ccccc1C. The number of benzene rings is 1. The maximum Gasteiger partial charge on any atom is 0.239 e. The Hall–Kier alpha value is -1.88. The first-order chi connectivity index (χ1) is 10.5. The quantitative estimate of drug-likeness (QED) is 0.773. The van der Waals surface area contributed by atoms with Gasteiger partial charge in [-0.2, -0.15) is 0 Å². The van der Waals surface area contributed by atoms with E-state index in [1.54, 1.807) is 14.2 Å². The number of rotatable bonds is 7. The predicted molar refractivity (Wildman–Crippen MR) is 84.5 cm³/mol. The van der Waals surface area contributed by atoms with E-state index in [0.717, 1.165) is 6.42 Å². The summed E-state index contributed by atoms with van der Waals surface area (Å²) in [6.45, 7) is 3.11.